The zero-order chi connectivity index (χ0) is 10.6. The second kappa shape index (κ2) is 3.19. The third-order valence-corrected chi connectivity index (χ3v) is 5.24. The molecule has 0 saturated heterocycles. The standard InChI is InChI=1S/C12H21NO2/c13-11(15)12-4-7-1-2-10(14)9(6-12)8(3-7)5-12/h7-11,14-15H,1-6,13H2/t7?,8?,9?,10?,11-,12?/m0/s1. The second-order valence-electron chi connectivity index (χ2n) is 6.09. The first-order chi connectivity index (χ1) is 7.11. The molecular weight excluding hydrogens is 190 g/mol. The molecule has 0 amide bonds. The van der Waals surface area contributed by atoms with Crippen molar-refractivity contribution in [3.63, 3.8) is 0 Å². The summed E-state index contributed by atoms with van der Waals surface area (Å²) in [6.07, 6.45) is 5.61. The summed E-state index contributed by atoms with van der Waals surface area (Å²) in [5.74, 6) is 1.74. The van der Waals surface area contributed by atoms with Crippen molar-refractivity contribution in [3.8, 4) is 0 Å². The second-order valence-corrected chi connectivity index (χ2v) is 6.09. The molecule has 6 atom stereocenters. The van der Waals surface area contributed by atoms with Crippen LogP contribution in [-0.4, -0.2) is 22.5 Å². The summed E-state index contributed by atoms with van der Waals surface area (Å²) in [6.45, 7) is 0. The minimum absolute atomic E-state index is 0.0559. The molecule has 3 aliphatic carbocycles. The van der Waals surface area contributed by atoms with Crippen molar-refractivity contribution >= 4 is 0 Å². The number of rotatable bonds is 1. The molecule has 15 heavy (non-hydrogen) atoms. The van der Waals surface area contributed by atoms with Crippen molar-refractivity contribution in [2.24, 2.45) is 28.9 Å². The van der Waals surface area contributed by atoms with E-state index in [1.54, 1.807) is 0 Å². The normalized spacial score (nSPS) is 55.4. The third kappa shape index (κ3) is 1.37. The van der Waals surface area contributed by atoms with Gasteiger partial charge in [-0.05, 0) is 56.3 Å². The SMILES string of the molecule is N[C@@H](O)C12CC3CCC(O)C(C1)C(C3)C2. The highest BCUT2D eigenvalue weighted by Gasteiger charge is 2.56. The molecule has 5 unspecified atom stereocenters. The monoisotopic (exact) mass is 211 g/mol. The van der Waals surface area contributed by atoms with Crippen molar-refractivity contribution in [2.75, 3.05) is 0 Å². The van der Waals surface area contributed by atoms with Crippen LogP contribution in [-0.2, 0) is 0 Å². The Morgan fingerprint density at radius 2 is 2.00 bits per heavy atom. The van der Waals surface area contributed by atoms with Gasteiger partial charge in [0.2, 0.25) is 0 Å². The average Bonchev–Trinajstić information content (AvgIpc) is 2.42. The summed E-state index contributed by atoms with van der Waals surface area (Å²) < 4.78 is 0. The Balaban J connectivity index is 1.93. The average molecular weight is 211 g/mol. The van der Waals surface area contributed by atoms with Crippen molar-refractivity contribution < 1.29 is 10.2 Å². The van der Waals surface area contributed by atoms with E-state index >= 15 is 0 Å². The van der Waals surface area contributed by atoms with Gasteiger partial charge in [0.15, 0.2) is 0 Å². The topological polar surface area (TPSA) is 66.5 Å². The summed E-state index contributed by atoms with van der Waals surface area (Å²) in [5.41, 5.74) is 5.71. The molecule has 0 heterocycles. The molecule has 3 heteroatoms. The lowest BCUT2D eigenvalue weighted by Gasteiger charge is -2.40. The Bertz CT molecular complexity index is 268. The van der Waals surface area contributed by atoms with Crippen LogP contribution in [0.5, 0.6) is 0 Å². The number of hydrogen-bond donors (Lipinski definition) is 3. The van der Waals surface area contributed by atoms with E-state index in [2.05, 4.69) is 0 Å². The van der Waals surface area contributed by atoms with Crippen LogP contribution >= 0.6 is 0 Å². The van der Waals surface area contributed by atoms with E-state index in [1.807, 2.05) is 0 Å². The molecule has 3 bridgehead atoms. The Kier molecular flexibility index (Phi) is 2.14. The van der Waals surface area contributed by atoms with E-state index < -0.39 is 6.23 Å². The van der Waals surface area contributed by atoms with Gasteiger partial charge in [0.25, 0.3) is 0 Å². The minimum atomic E-state index is -0.682. The minimum Gasteiger partial charge on any atom is -0.393 e. The van der Waals surface area contributed by atoms with E-state index in [0.29, 0.717) is 17.8 Å². The van der Waals surface area contributed by atoms with Gasteiger partial charge in [0.1, 0.15) is 6.23 Å². The molecule has 3 aliphatic rings. The fourth-order valence-corrected chi connectivity index (χ4v) is 4.56. The number of aliphatic hydroxyl groups is 2. The van der Waals surface area contributed by atoms with Crippen LogP contribution < -0.4 is 5.73 Å². The van der Waals surface area contributed by atoms with Crippen molar-refractivity contribution in [3.05, 3.63) is 0 Å². The molecule has 3 rings (SSSR count). The lowest BCUT2D eigenvalue weighted by atomic mass is 9.69. The highest BCUT2D eigenvalue weighted by molar-refractivity contribution is 5.05. The maximum atomic E-state index is 10.1. The Morgan fingerprint density at radius 1 is 1.20 bits per heavy atom. The summed E-state index contributed by atoms with van der Waals surface area (Å²) in [5, 5.41) is 19.9. The molecule has 86 valence electrons. The first kappa shape index (κ1) is 10.1. The van der Waals surface area contributed by atoms with Gasteiger partial charge in [0, 0.05) is 5.41 Å². The first-order valence-electron chi connectivity index (χ1n) is 6.22. The van der Waals surface area contributed by atoms with E-state index in [4.69, 9.17) is 5.73 Å². The summed E-state index contributed by atoms with van der Waals surface area (Å²) in [6, 6.07) is 0. The lowest BCUT2D eigenvalue weighted by Crippen LogP contribution is -2.43. The molecule has 0 aromatic rings. The van der Waals surface area contributed by atoms with Gasteiger partial charge in [-0.2, -0.15) is 0 Å². The molecule has 3 saturated carbocycles. The van der Waals surface area contributed by atoms with Crippen molar-refractivity contribution in [1.29, 1.82) is 0 Å². The zero-order valence-electron chi connectivity index (χ0n) is 9.10. The number of hydrogen-bond acceptors (Lipinski definition) is 3. The molecule has 0 aromatic heterocycles. The Labute approximate surface area is 90.7 Å². The van der Waals surface area contributed by atoms with E-state index in [1.165, 1.54) is 6.42 Å². The molecule has 4 N–H and O–H groups in total. The smallest absolute Gasteiger partial charge is 0.108 e. The predicted octanol–water partition coefficient (Wildman–Crippen LogP) is 0.841. The van der Waals surface area contributed by atoms with E-state index in [-0.39, 0.29) is 11.5 Å². The van der Waals surface area contributed by atoms with Crippen LogP contribution in [0.25, 0.3) is 0 Å². The molecule has 0 aromatic carbocycles. The van der Waals surface area contributed by atoms with Gasteiger partial charge >= 0.3 is 0 Å². The van der Waals surface area contributed by atoms with E-state index in [0.717, 1.165) is 32.1 Å². The van der Waals surface area contributed by atoms with Gasteiger partial charge in [-0.1, -0.05) is 0 Å². The van der Waals surface area contributed by atoms with Gasteiger partial charge in [0.05, 0.1) is 6.10 Å². The molecule has 3 nitrogen and oxygen atoms in total. The van der Waals surface area contributed by atoms with Gasteiger partial charge in [-0.25, -0.2) is 0 Å². The highest BCUT2D eigenvalue weighted by Crippen LogP contribution is 2.60. The van der Waals surface area contributed by atoms with E-state index in [9.17, 15) is 10.2 Å². The van der Waals surface area contributed by atoms with Crippen LogP contribution in [0.15, 0.2) is 0 Å². The number of fused-ring (bicyclic) bond motifs is 2. The van der Waals surface area contributed by atoms with Crippen LogP contribution in [0.1, 0.15) is 38.5 Å². The van der Waals surface area contributed by atoms with Crippen LogP contribution in [0, 0.1) is 23.2 Å². The van der Waals surface area contributed by atoms with Crippen molar-refractivity contribution in [1.82, 2.24) is 0 Å². The van der Waals surface area contributed by atoms with Crippen LogP contribution in [0.4, 0.5) is 0 Å². The summed E-state index contributed by atoms with van der Waals surface area (Å²) in [4.78, 5) is 0. The largest absolute Gasteiger partial charge is 0.393 e. The predicted molar refractivity (Wildman–Crippen MR) is 56.8 cm³/mol. The maximum Gasteiger partial charge on any atom is 0.108 e. The molecule has 0 radical (unpaired) electrons. The van der Waals surface area contributed by atoms with Crippen LogP contribution in [0.3, 0.4) is 0 Å². The van der Waals surface area contributed by atoms with Gasteiger partial charge < -0.3 is 15.9 Å². The van der Waals surface area contributed by atoms with Crippen molar-refractivity contribution in [2.45, 2.75) is 50.9 Å². The quantitative estimate of drug-likeness (QED) is 0.563. The number of nitrogens with two attached hydrogens (primary N) is 1. The summed E-state index contributed by atoms with van der Waals surface area (Å²) >= 11 is 0. The van der Waals surface area contributed by atoms with Crippen LogP contribution in [0.2, 0.25) is 0 Å². The summed E-state index contributed by atoms with van der Waals surface area (Å²) in [7, 11) is 0. The molecular formula is C12H21NO2. The lowest BCUT2D eigenvalue weighted by molar-refractivity contribution is -0.0131. The molecule has 3 fully saturated rings. The van der Waals surface area contributed by atoms with Gasteiger partial charge in [-0.3, -0.25) is 0 Å². The fraction of sp³-hybridized carbons (Fsp3) is 1.00. The zero-order valence-corrected chi connectivity index (χ0v) is 9.10. The number of aliphatic hydroxyl groups excluding tert-OH is 2. The fourth-order valence-electron chi connectivity index (χ4n) is 4.56. The highest BCUT2D eigenvalue weighted by atomic mass is 16.3. The Hall–Kier alpha value is -0.120. The third-order valence-electron chi connectivity index (χ3n) is 5.24. The Morgan fingerprint density at radius 3 is 2.73 bits per heavy atom. The first-order valence-corrected chi connectivity index (χ1v) is 6.22. The molecule has 0 spiro atoms. The maximum absolute atomic E-state index is 10.1. The molecule has 0 aliphatic heterocycles. The van der Waals surface area contributed by atoms with Gasteiger partial charge in [-0.15, -0.1) is 0 Å².